The number of unbranched alkanes of at least 4 members (excludes halogenated alkanes) is 3. The van der Waals surface area contributed by atoms with Crippen molar-refractivity contribution in [1.82, 2.24) is 0 Å². The number of aliphatic carboxylic acids is 1. The van der Waals surface area contributed by atoms with E-state index in [1.165, 1.54) is 25.7 Å². The molecule has 0 aliphatic carbocycles. The van der Waals surface area contributed by atoms with Crippen molar-refractivity contribution in [2.24, 2.45) is 0 Å². The van der Waals surface area contributed by atoms with E-state index in [0.29, 0.717) is 6.42 Å². The van der Waals surface area contributed by atoms with Gasteiger partial charge in [0.15, 0.2) is 0 Å². The monoisotopic (exact) mass is 318 g/mol. The van der Waals surface area contributed by atoms with Gasteiger partial charge in [0, 0.05) is 6.42 Å². The van der Waals surface area contributed by atoms with Crippen LogP contribution < -0.4 is 0 Å². The molecular formula is C20H30O3. The number of ketones is 1. The lowest BCUT2D eigenvalue weighted by Gasteiger charge is -1.90. The van der Waals surface area contributed by atoms with Gasteiger partial charge in [-0.05, 0) is 38.5 Å². The Bertz CT molecular complexity index is 428. The largest absolute Gasteiger partial charge is 0.476 e. The molecule has 0 atom stereocenters. The maximum Gasteiger partial charge on any atom is 0.372 e. The molecule has 0 radical (unpaired) electrons. The van der Waals surface area contributed by atoms with Crippen molar-refractivity contribution in [3.63, 3.8) is 0 Å². The van der Waals surface area contributed by atoms with Crippen LogP contribution in [0.2, 0.25) is 0 Å². The minimum absolute atomic E-state index is 0.0737. The zero-order valence-electron chi connectivity index (χ0n) is 14.2. The molecule has 0 amide bonds. The van der Waals surface area contributed by atoms with E-state index >= 15 is 0 Å². The highest BCUT2D eigenvalue weighted by molar-refractivity contribution is 6.32. The second kappa shape index (κ2) is 16.5. The maximum absolute atomic E-state index is 10.8. The van der Waals surface area contributed by atoms with Crippen molar-refractivity contribution in [2.45, 2.75) is 64.7 Å². The third kappa shape index (κ3) is 16.3. The molecule has 23 heavy (non-hydrogen) atoms. The van der Waals surface area contributed by atoms with Crippen LogP contribution in [0.25, 0.3) is 0 Å². The minimum atomic E-state index is -1.35. The van der Waals surface area contributed by atoms with Gasteiger partial charge in [-0.1, -0.05) is 68.4 Å². The Balaban J connectivity index is 3.51. The van der Waals surface area contributed by atoms with Crippen LogP contribution >= 0.6 is 0 Å². The fraction of sp³-hybridized carbons (Fsp3) is 0.500. The number of allylic oxidation sites excluding steroid dienone is 8. The third-order valence-electron chi connectivity index (χ3n) is 3.23. The van der Waals surface area contributed by atoms with Crippen LogP contribution in [0.3, 0.4) is 0 Å². The Morgan fingerprint density at radius 2 is 1.22 bits per heavy atom. The maximum atomic E-state index is 10.8. The lowest BCUT2D eigenvalue weighted by atomic mass is 10.2. The van der Waals surface area contributed by atoms with Gasteiger partial charge >= 0.3 is 5.97 Å². The van der Waals surface area contributed by atoms with Crippen molar-refractivity contribution < 1.29 is 14.7 Å². The van der Waals surface area contributed by atoms with Crippen molar-refractivity contribution in [3.8, 4) is 0 Å². The molecule has 3 nitrogen and oxygen atoms in total. The molecule has 0 aromatic carbocycles. The Kier molecular flexibility index (Phi) is 15.1. The van der Waals surface area contributed by atoms with Gasteiger partial charge in [0.25, 0.3) is 0 Å². The summed E-state index contributed by atoms with van der Waals surface area (Å²) in [5.74, 6) is -2.07. The summed E-state index contributed by atoms with van der Waals surface area (Å²) < 4.78 is 0. The molecule has 0 aromatic heterocycles. The van der Waals surface area contributed by atoms with Crippen LogP contribution in [0, 0.1) is 0 Å². The van der Waals surface area contributed by atoms with Gasteiger partial charge in [-0.3, -0.25) is 4.79 Å². The summed E-state index contributed by atoms with van der Waals surface area (Å²) in [6.45, 7) is 2.22. The first-order valence-corrected chi connectivity index (χ1v) is 8.54. The Morgan fingerprint density at radius 1 is 0.739 bits per heavy atom. The molecule has 0 bridgehead atoms. The topological polar surface area (TPSA) is 54.4 Å². The van der Waals surface area contributed by atoms with Gasteiger partial charge in [-0.2, -0.15) is 0 Å². The van der Waals surface area contributed by atoms with Crippen molar-refractivity contribution >= 4 is 11.8 Å². The lowest BCUT2D eigenvalue weighted by Crippen LogP contribution is -2.11. The number of hydrogen-bond acceptors (Lipinski definition) is 2. The molecule has 0 fully saturated rings. The van der Waals surface area contributed by atoms with Crippen LogP contribution in [-0.2, 0) is 9.59 Å². The Labute approximate surface area is 140 Å². The summed E-state index contributed by atoms with van der Waals surface area (Å²) in [5.41, 5.74) is 0. The highest BCUT2D eigenvalue weighted by atomic mass is 16.4. The SMILES string of the molecule is CCCCCC=CCC=CCC=CCC=CCCC(=O)C(=O)O. The molecule has 0 rings (SSSR count). The lowest BCUT2D eigenvalue weighted by molar-refractivity contribution is -0.149. The molecular weight excluding hydrogens is 288 g/mol. The van der Waals surface area contributed by atoms with E-state index in [0.717, 1.165) is 19.3 Å². The summed E-state index contributed by atoms with van der Waals surface area (Å²) in [4.78, 5) is 21.1. The van der Waals surface area contributed by atoms with E-state index in [1.807, 2.05) is 12.2 Å². The second-order valence-electron chi connectivity index (χ2n) is 5.36. The normalized spacial score (nSPS) is 12.2. The molecule has 0 heterocycles. The van der Waals surface area contributed by atoms with Gasteiger partial charge < -0.3 is 5.11 Å². The van der Waals surface area contributed by atoms with Crippen LogP contribution in [0.1, 0.15) is 64.7 Å². The van der Waals surface area contributed by atoms with E-state index < -0.39 is 11.8 Å². The van der Waals surface area contributed by atoms with Crippen LogP contribution in [-0.4, -0.2) is 16.9 Å². The number of carbonyl (C=O) groups is 2. The average Bonchev–Trinajstić information content (AvgIpc) is 2.54. The van der Waals surface area contributed by atoms with E-state index in [4.69, 9.17) is 5.11 Å². The first kappa shape index (κ1) is 21.1. The molecule has 3 heteroatoms. The standard InChI is InChI=1S/C20H30O3/c1-2-3-4-5-6-7-8-9-10-11-12-13-14-15-16-17-18-19(21)20(22)23/h6-7,9-10,12-13,15-16H,2-5,8,11,14,17-18H2,1H3,(H,22,23). The summed E-state index contributed by atoms with van der Waals surface area (Å²) >= 11 is 0. The van der Waals surface area contributed by atoms with Crippen LogP contribution in [0.15, 0.2) is 48.6 Å². The first-order valence-electron chi connectivity index (χ1n) is 8.54. The highest BCUT2D eigenvalue weighted by Gasteiger charge is 2.08. The summed E-state index contributed by atoms with van der Waals surface area (Å²) in [5, 5.41) is 8.41. The van der Waals surface area contributed by atoms with Gasteiger partial charge in [-0.15, -0.1) is 0 Å². The quantitative estimate of drug-likeness (QED) is 0.265. The number of carboxylic acids is 1. The Hall–Kier alpha value is -1.90. The second-order valence-corrected chi connectivity index (χ2v) is 5.36. The molecule has 128 valence electrons. The van der Waals surface area contributed by atoms with Crippen molar-refractivity contribution in [3.05, 3.63) is 48.6 Å². The van der Waals surface area contributed by atoms with Gasteiger partial charge in [-0.25, -0.2) is 4.79 Å². The predicted molar refractivity (Wildman–Crippen MR) is 96.4 cm³/mol. The van der Waals surface area contributed by atoms with Gasteiger partial charge in [0.2, 0.25) is 5.78 Å². The first-order chi connectivity index (χ1) is 11.2. The zero-order chi connectivity index (χ0) is 17.2. The fourth-order valence-electron chi connectivity index (χ4n) is 1.88. The third-order valence-corrected chi connectivity index (χ3v) is 3.23. The molecule has 0 saturated carbocycles. The van der Waals surface area contributed by atoms with Gasteiger partial charge in [0.05, 0.1) is 0 Å². The number of carbonyl (C=O) groups excluding carboxylic acids is 1. The highest BCUT2D eigenvalue weighted by Crippen LogP contribution is 2.01. The summed E-state index contributed by atoms with van der Waals surface area (Å²) in [6.07, 6.45) is 25.2. The average molecular weight is 318 g/mol. The van der Waals surface area contributed by atoms with E-state index in [2.05, 4.69) is 43.4 Å². The van der Waals surface area contributed by atoms with Crippen LogP contribution in [0.5, 0.6) is 0 Å². The van der Waals surface area contributed by atoms with E-state index in [-0.39, 0.29) is 6.42 Å². The van der Waals surface area contributed by atoms with Crippen LogP contribution in [0.4, 0.5) is 0 Å². The number of rotatable bonds is 14. The summed E-state index contributed by atoms with van der Waals surface area (Å²) in [7, 11) is 0. The van der Waals surface area contributed by atoms with Crippen molar-refractivity contribution in [2.75, 3.05) is 0 Å². The fourth-order valence-corrected chi connectivity index (χ4v) is 1.88. The van der Waals surface area contributed by atoms with E-state index in [1.54, 1.807) is 0 Å². The predicted octanol–water partition coefficient (Wildman–Crippen LogP) is 5.40. The molecule has 0 unspecified atom stereocenters. The summed E-state index contributed by atoms with van der Waals surface area (Å²) in [6, 6.07) is 0. The number of carboxylic acid groups (broad SMARTS) is 1. The molecule has 1 N–H and O–H groups in total. The van der Waals surface area contributed by atoms with Gasteiger partial charge in [0.1, 0.15) is 0 Å². The smallest absolute Gasteiger partial charge is 0.372 e. The van der Waals surface area contributed by atoms with E-state index in [9.17, 15) is 9.59 Å². The molecule has 0 spiro atoms. The minimum Gasteiger partial charge on any atom is -0.476 e. The van der Waals surface area contributed by atoms with Crippen molar-refractivity contribution in [1.29, 1.82) is 0 Å². The number of Topliss-reactive ketones (excluding diaryl/α,β-unsaturated/α-hetero) is 1. The zero-order valence-corrected chi connectivity index (χ0v) is 14.2. The molecule has 0 aliphatic rings. The molecule has 0 aromatic rings. The number of hydrogen-bond donors (Lipinski definition) is 1. The Morgan fingerprint density at radius 3 is 1.70 bits per heavy atom. The molecule has 0 aliphatic heterocycles. The molecule has 0 saturated heterocycles.